The molecule has 0 atom stereocenters. The van der Waals surface area contributed by atoms with Crippen molar-refractivity contribution in [3.05, 3.63) is 30.5 Å². The molecule has 0 unspecified atom stereocenters. The van der Waals surface area contributed by atoms with E-state index < -0.39 is 7.12 Å². The van der Waals surface area contributed by atoms with Crippen LogP contribution in [0.2, 0.25) is 0 Å². The Morgan fingerprint density at radius 3 is 2.80 bits per heavy atom. The Bertz CT molecular complexity index is 490. The van der Waals surface area contributed by atoms with Gasteiger partial charge in [0.25, 0.3) is 0 Å². The molecule has 2 rings (SSSR count). The summed E-state index contributed by atoms with van der Waals surface area (Å²) in [5.74, 6) is 0. The second-order valence-electron chi connectivity index (χ2n) is 3.16. The maximum Gasteiger partial charge on any atom is 0.508 e. The monoisotopic (exact) mass is 219 g/mol. The van der Waals surface area contributed by atoms with E-state index in [1.165, 1.54) is 0 Å². The van der Waals surface area contributed by atoms with E-state index in [4.69, 9.17) is 10.0 Å². The van der Waals surface area contributed by atoms with Crippen LogP contribution in [0, 0.1) is 0 Å². The van der Waals surface area contributed by atoms with Crippen molar-refractivity contribution >= 4 is 35.2 Å². The molecular weight excluding hydrogens is 209 g/mol. The molecule has 1 aromatic carbocycles. The van der Waals surface area contributed by atoms with Crippen molar-refractivity contribution < 1.29 is 10.0 Å². The van der Waals surface area contributed by atoms with Crippen LogP contribution in [0.25, 0.3) is 10.8 Å². The van der Waals surface area contributed by atoms with E-state index in [0.29, 0.717) is 0 Å². The molecule has 0 amide bonds. The van der Waals surface area contributed by atoms with Crippen LogP contribution in [0.3, 0.4) is 0 Å². The van der Waals surface area contributed by atoms with E-state index in [1.807, 2.05) is 24.5 Å². The van der Waals surface area contributed by atoms with Crippen molar-refractivity contribution in [3.63, 3.8) is 0 Å². The lowest BCUT2D eigenvalue weighted by molar-refractivity contribution is 0.424. The molecule has 0 aliphatic rings. The van der Waals surface area contributed by atoms with Crippen molar-refractivity contribution in [2.24, 2.45) is 0 Å². The number of fused-ring (bicyclic) bond motifs is 1. The van der Waals surface area contributed by atoms with Gasteiger partial charge in [0, 0.05) is 16.5 Å². The Morgan fingerprint density at radius 2 is 2.13 bits per heavy atom. The van der Waals surface area contributed by atoms with Crippen LogP contribution in [0.15, 0.2) is 35.4 Å². The van der Waals surface area contributed by atoms with Crippen molar-refractivity contribution in [1.82, 2.24) is 4.98 Å². The highest BCUT2D eigenvalue weighted by molar-refractivity contribution is 7.98. The Hall–Kier alpha value is -1.04. The number of aromatic nitrogens is 1. The summed E-state index contributed by atoms with van der Waals surface area (Å²) in [5.41, 5.74) is 0.281. The molecule has 0 radical (unpaired) electrons. The van der Waals surface area contributed by atoms with Gasteiger partial charge in [0.2, 0.25) is 0 Å². The summed E-state index contributed by atoms with van der Waals surface area (Å²) in [7, 11) is -1.51. The summed E-state index contributed by atoms with van der Waals surface area (Å²) in [6.45, 7) is 0. The average Bonchev–Trinajstić information content (AvgIpc) is 2.27. The summed E-state index contributed by atoms with van der Waals surface area (Å²) in [5, 5.41) is 20.1. The maximum absolute atomic E-state index is 9.03. The zero-order chi connectivity index (χ0) is 10.8. The minimum atomic E-state index is -1.51. The summed E-state index contributed by atoms with van der Waals surface area (Å²) in [4.78, 5) is 5.08. The SMILES string of the molecule is CSc1cccc2cnc(B(O)O)cc12. The zero-order valence-electron chi connectivity index (χ0n) is 8.21. The number of benzene rings is 1. The Kier molecular flexibility index (Phi) is 2.95. The van der Waals surface area contributed by atoms with Crippen LogP contribution in [-0.2, 0) is 0 Å². The van der Waals surface area contributed by atoms with Crippen LogP contribution in [0.4, 0.5) is 0 Å². The summed E-state index contributed by atoms with van der Waals surface area (Å²) >= 11 is 1.63. The molecule has 2 N–H and O–H groups in total. The van der Waals surface area contributed by atoms with E-state index in [-0.39, 0.29) is 5.59 Å². The lowest BCUT2D eigenvalue weighted by atomic mass is 9.85. The number of rotatable bonds is 2. The van der Waals surface area contributed by atoms with Crippen molar-refractivity contribution in [2.75, 3.05) is 6.26 Å². The minimum absolute atomic E-state index is 0.281. The Morgan fingerprint density at radius 1 is 1.33 bits per heavy atom. The van der Waals surface area contributed by atoms with Gasteiger partial charge >= 0.3 is 7.12 Å². The van der Waals surface area contributed by atoms with Gasteiger partial charge in [0.05, 0.1) is 5.59 Å². The molecule has 3 nitrogen and oxygen atoms in total. The fraction of sp³-hybridized carbons (Fsp3) is 0.100. The zero-order valence-corrected chi connectivity index (χ0v) is 9.03. The molecule has 0 saturated heterocycles. The van der Waals surface area contributed by atoms with Gasteiger partial charge in [0.1, 0.15) is 0 Å². The highest BCUT2D eigenvalue weighted by atomic mass is 32.2. The van der Waals surface area contributed by atoms with Crippen LogP contribution in [0.5, 0.6) is 0 Å². The molecule has 0 bridgehead atoms. The van der Waals surface area contributed by atoms with Gasteiger partial charge < -0.3 is 10.0 Å². The second-order valence-corrected chi connectivity index (χ2v) is 4.01. The number of hydrogen-bond acceptors (Lipinski definition) is 4. The fourth-order valence-corrected chi connectivity index (χ4v) is 2.09. The Balaban J connectivity index is 2.67. The Labute approximate surface area is 92.3 Å². The lowest BCUT2D eigenvalue weighted by Gasteiger charge is -2.05. The molecule has 2 aromatic rings. The fourth-order valence-electron chi connectivity index (χ4n) is 1.48. The van der Waals surface area contributed by atoms with Gasteiger partial charge in [-0.25, -0.2) is 0 Å². The smallest absolute Gasteiger partial charge is 0.422 e. The van der Waals surface area contributed by atoms with Crippen molar-refractivity contribution in [3.8, 4) is 0 Å². The minimum Gasteiger partial charge on any atom is -0.422 e. The molecule has 0 fully saturated rings. The third kappa shape index (κ3) is 1.99. The molecule has 1 aromatic heterocycles. The number of nitrogens with zero attached hydrogens (tertiary/aromatic N) is 1. The largest absolute Gasteiger partial charge is 0.508 e. The van der Waals surface area contributed by atoms with Gasteiger partial charge in [-0.1, -0.05) is 12.1 Å². The molecule has 0 aliphatic heterocycles. The number of thioether (sulfide) groups is 1. The second kappa shape index (κ2) is 4.22. The first-order valence-electron chi connectivity index (χ1n) is 4.51. The average molecular weight is 219 g/mol. The quantitative estimate of drug-likeness (QED) is 0.574. The van der Waals surface area contributed by atoms with Crippen LogP contribution in [0.1, 0.15) is 0 Å². The van der Waals surface area contributed by atoms with Crippen LogP contribution >= 0.6 is 11.8 Å². The highest BCUT2D eigenvalue weighted by Crippen LogP contribution is 2.24. The van der Waals surface area contributed by atoms with Crippen LogP contribution < -0.4 is 5.59 Å². The molecule has 1 heterocycles. The van der Waals surface area contributed by atoms with Crippen molar-refractivity contribution in [2.45, 2.75) is 4.90 Å². The standard InChI is InChI=1S/C10H10BNO2S/c1-15-9-4-2-3-7-6-12-10(11(13)14)5-8(7)9/h2-6,13-14H,1H3. The molecule has 0 saturated carbocycles. The van der Waals surface area contributed by atoms with Crippen LogP contribution in [-0.4, -0.2) is 28.4 Å². The van der Waals surface area contributed by atoms with E-state index in [1.54, 1.807) is 24.0 Å². The van der Waals surface area contributed by atoms with Gasteiger partial charge in [-0.05, 0) is 23.8 Å². The topological polar surface area (TPSA) is 53.4 Å². The van der Waals surface area contributed by atoms with Gasteiger partial charge in [-0.2, -0.15) is 0 Å². The highest BCUT2D eigenvalue weighted by Gasteiger charge is 2.13. The summed E-state index contributed by atoms with van der Waals surface area (Å²) in [6.07, 6.45) is 3.65. The first kappa shape index (κ1) is 10.5. The van der Waals surface area contributed by atoms with E-state index in [9.17, 15) is 0 Å². The molecule has 15 heavy (non-hydrogen) atoms. The first-order chi connectivity index (χ1) is 7.22. The number of pyridine rings is 1. The lowest BCUT2D eigenvalue weighted by Crippen LogP contribution is -2.32. The predicted octanol–water partition coefficient (Wildman–Crippen LogP) is 0.636. The molecule has 76 valence electrons. The molecule has 0 spiro atoms. The normalized spacial score (nSPS) is 10.6. The van der Waals surface area contributed by atoms with E-state index in [2.05, 4.69) is 4.98 Å². The van der Waals surface area contributed by atoms with Crippen molar-refractivity contribution in [1.29, 1.82) is 0 Å². The molecular formula is C10H10BNO2S. The molecule has 0 aliphatic carbocycles. The first-order valence-corrected chi connectivity index (χ1v) is 5.73. The van der Waals surface area contributed by atoms with Gasteiger partial charge in [0.15, 0.2) is 0 Å². The molecule has 5 heteroatoms. The number of hydrogen-bond donors (Lipinski definition) is 2. The predicted molar refractivity (Wildman–Crippen MR) is 63.3 cm³/mol. The third-order valence-corrected chi connectivity index (χ3v) is 3.03. The van der Waals surface area contributed by atoms with Gasteiger partial charge in [-0.3, -0.25) is 4.98 Å². The summed E-state index contributed by atoms with van der Waals surface area (Å²) < 4.78 is 0. The maximum atomic E-state index is 9.03. The third-order valence-electron chi connectivity index (χ3n) is 2.23. The summed E-state index contributed by atoms with van der Waals surface area (Å²) in [6, 6.07) is 7.63. The van der Waals surface area contributed by atoms with Gasteiger partial charge in [-0.15, -0.1) is 11.8 Å². The van der Waals surface area contributed by atoms with E-state index in [0.717, 1.165) is 15.7 Å². The van der Waals surface area contributed by atoms with E-state index >= 15 is 0 Å².